The van der Waals surface area contributed by atoms with E-state index in [1.165, 1.54) is 5.56 Å². The first-order valence-electron chi connectivity index (χ1n) is 15.5. The summed E-state index contributed by atoms with van der Waals surface area (Å²) in [5.74, 6) is 0.857. The smallest absolute Gasteiger partial charge is 0.318 e. The van der Waals surface area contributed by atoms with Crippen LogP contribution >= 0.6 is 22.6 Å². The minimum absolute atomic E-state index is 0.144. The van der Waals surface area contributed by atoms with Crippen LogP contribution in [0.15, 0.2) is 69.5 Å². The molecule has 0 bridgehead atoms. The van der Waals surface area contributed by atoms with E-state index in [1.54, 1.807) is 0 Å². The molecule has 2 fully saturated rings. The van der Waals surface area contributed by atoms with Crippen molar-refractivity contribution in [1.29, 1.82) is 0 Å². The van der Waals surface area contributed by atoms with Crippen LogP contribution in [-0.2, 0) is 6.54 Å². The van der Waals surface area contributed by atoms with Gasteiger partial charge in [0.05, 0.1) is 22.3 Å². The summed E-state index contributed by atoms with van der Waals surface area (Å²) in [7, 11) is 0. The Morgan fingerprint density at radius 1 is 0.886 bits per heavy atom. The number of nitrogen functional groups attached to an aromatic ring is 1. The minimum Gasteiger partial charge on any atom is -0.493 e. The number of piperidine rings is 2. The Labute approximate surface area is 270 Å². The Balaban J connectivity index is 1.21. The fourth-order valence-electron chi connectivity index (χ4n) is 6.43. The van der Waals surface area contributed by atoms with Crippen molar-refractivity contribution in [3.05, 3.63) is 69.8 Å². The molecule has 2 aromatic heterocycles. The summed E-state index contributed by atoms with van der Waals surface area (Å²) in [5.41, 5.74) is 11.5. The van der Waals surface area contributed by atoms with Crippen molar-refractivity contribution in [2.75, 3.05) is 48.5 Å². The second-order valence-corrected chi connectivity index (χ2v) is 12.6. The van der Waals surface area contributed by atoms with Crippen molar-refractivity contribution in [2.45, 2.75) is 51.2 Å². The second-order valence-electron chi connectivity index (χ2n) is 11.5. The SMILES string of the molecule is CCOc1cc(CN2CCC(N(c3nc4ccccc4o3)N(c3nc4ccccc4o3)C3CCNCC3)CC2)cc(N)c1I. The third-order valence-corrected chi connectivity index (χ3v) is 9.73. The normalized spacial score (nSPS) is 17.0. The van der Waals surface area contributed by atoms with Gasteiger partial charge in [-0.1, -0.05) is 24.3 Å². The number of likely N-dealkylation sites (tertiary alicyclic amines) is 1. The standard InChI is InChI=1S/C33H38IN7O3/c1-2-42-30-20-22(19-25(35)31(30)34)21-39-17-13-24(14-18-39)41(33-38-27-8-4-6-10-29(27)44-33)40(23-11-15-36-16-12-23)32-37-26-7-3-5-9-28(26)43-32/h3-10,19-20,23-24,36H,2,11-18,21,35H2,1H3. The quantitative estimate of drug-likeness (QED) is 0.105. The highest BCUT2D eigenvalue weighted by atomic mass is 127. The minimum atomic E-state index is 0.144. The lowest BCUT2D eigenvalue weighted by Gasteiger charge is -2.46. The van der Waals surface area contributed by atoms with Crippen LogP contribution in [0.25, 0.3) is 22.2 Å². The summed E-state index contributed by atoms with van der Waals surface area (Å²) in [6, 6.07) is 21.6. The molecule has 4 heterocycles. The van der Waals surface area contributed by atoms with Crippen molar-refractivity contribution in [3.63, 3.8) is 0 Å². The number of fused-ring (bicyclic) bond motifs is 2. The van der Waals surface area contributed by atoms with Gasteiger partial charge in [-0.05, 0) is 110 Å². The number of halogens is 1. The summed E-state index contributed by atoms with van der Waals surface area (Å²) in [6.07, 6.45) is 3.78. The Morgan fingerprint density at radius 2 is 1.45 bits per heavy atom. The van der Waals surface area contributed by atoms with Crippen molar-refractivity contribution in [2.24, 2.45) is 0 Å². The molecule has 0 atom stereocenters. The van der Waals surface area contributed by atoms with E-state index in [0.29, 0.717) is 18.6 Å². The summed E-state index contributed by atoms with van der Waals surface area (Å²) < 4.78 is 19.8. The first kappa shape index (κ1) is 29.2. The zero-order valence-corrected chi connectivity index (χ0v) is 27.1. The van der Waals surface area contributed by atoms with E-state index < -0.39 is 0 Å². The fourth-order valence-corrected chi connectivity index (χ4v) is 6.89. The first-order valence-corrected chi connectivity index (χ1v) is 16.6. The number of anilines is 3. The number of aromatic nitrogens is 2. The predicted octanol–water partition coefficient (Wildman–Crippen LogP) is 6.20. The van der Waals surface area contributed by atoms with Crippen LogP contribution in [-0.4, -0.2) is 59.7 Å². The summed E-state index contributed by atoms with van der Waals surface area (Å²) in [5, 5.41) is 8.02. The van der Waals surface area contributed by atoms with Gasteiger partial charge in [-0.3, -0.25) is 4.90 Å². The molecule has 10 nitrogen and oxygen atoms in total. The molecule has 44 heavy (non-hydrogen) atoms. The molecule has 7 rings (SSSR count). The number of rotatable bonds is 9. The van der Waals surface area contributed by atoms with Gasteiger partial charge in [0.25, 0.3) is 0 Å². The van der Waals surface area contributed by atoms with E-state index >= 15 is 0 Å². The van der Waals surface area contributed by atoms with Gasteiger partial charge in [0.15, 0.2) is 11.2 Å². The second kappa shape index (κ2) is 12.8. The highest BCUT2D eigenvalue weighted by Crippen LogP contribution is 2.36. The molecule has 2 aliphatic heterocycles. The van der Waals surface area contributed by atoms with Gasteiger partial charge in [-0.15, -0.1) is 0 Å². The van der Waals surface area contributed by atoms with Crippen LogP contribution in [0, 0.1) is 3.57 Å². The van der Waals surface area contributed by atoms with Crippen LogP contribution in [0.4, 0.5) is 17.7 Å². The average molecular weight is 708 g/mol. The number of para-hydroxylation sites is 4. The highest BCUT2D eigenvalue weighted by Gasteiger charge is 2.38. The topological polar surface area (TPSA) is 109 Å². The number of nitrogens with two attached hydrogens (primary N) is 1. The molecule has 0 radical (unpaired) electrons. The molecule has 0 amide bonds. The van der Waals surface area contributed by atoms with E-state index in [0.717, 1.165) is 95.6 Å². The van der Waals surface area contributed by atoms with E-state index in [9.17, 15) is 0 Å². The van der Waals surface area contributed by atoms with Gasteiger partial charge in [0.1, 0.15) is 16.8 Å². The molecular formula is C33H38IN7O3. The van der Waals surface area contributed by atoms with Gasteiger partial charge in [0, 0.05) is 25.3 Å². The molecule has 2 saturated heterocycles. The van der Waals surface area contributed by atoms with Crippen LogP contribution in [0.3, 0.4) is 0 Å². The number of hydrazine groups is 1. The zero-order valence-electron chi connectivity index (χ0n) is 24.9. The zero-order chi connectivity index (χ0) is 30.0. The molecule has 3 aromatic carbocycles. The van der Waals surface area contributed by atoms with Crippen LogP contribution in [0.1, 0.15) is 38.2 Å². The molecule has 0 unspecified atom stereocenters. The van der Waals surface area contributed by atoms with Crippen molar-refractivity contribution in [3.8, 4) is 5.75 Å². The number of benzene rings is 3. The van der Waals surface area contributed by atoms with Gasteiger partial charge >= 0.3 is 12.0 Å². The van der Waals surface area contributed by atoms with E-state index in [1.807, 2.05) is 55.5 Å². The molecule has 5 aromatic rings. The lowest BCUT2D eigenvalue weighted by Crippen LogP contribution is -2.59. The number of hydrogen-bond donors (Lipinski definition) is 2. The summed E-state index contributed by atoms with van der Waals surface area (Å²) in [6.45, 7) is 7.15. The van der Waals surface area contributed by atoms with Gasteiger partial charge < -0.3 is 24.6 Å². The van der Waals surface area contributed by atoms with Gasteiger partial charge in [-0.25, -0.2) is 10.0 Å². The maximum atomic E-state index is 6.48. The number of nitrogens with one attached hydrogen (secondary N) is 1. The number of ether oxygens (including phenoxy) is 1. The number of nitrogens with zero attached hydrogens (tertiary/aromatic N) is 5. The Hall–Kier alpha value is -3.55. The molecular weight excluding hydrogens is 669 g/mol. The molecule has 2 aliphatic rings. The van der Waals surface area contributed by atoms with Crippen LogP contribution in [0.2, 0.25) is 0 Å². The van der Waals surface area contributed by atoms with Gasteiger partial charge in [-0.2, -0.15) is 9.97 Å². The molecule has 0 saturated carbocycles. The molecule has 11 heteroatoms. The van der Waals surface area contributed by atoms with Crippen molar-refractivity contribution >= 4 is 62.5 Å². The fraction of sp³-hybridized carbons (Fsp3) is 0.394. The monoisotopic (exact) mass is 707 g/mol. The van der Waals surface area contributed by atoms with Crippen LogP contribution < -0.4 is 25.8 Å². The highest BCUT2D eigenvalue weighted by molar-refractivity contribution is 14.1. The Kier molecular flexibility index (Phi) is 8.50. The van der Waals surface area contributed by atoms with Crippen molar-refractivity contribution < 1.29 is 13.6 Å². The largest absolute Gasteiger partial charge is 0.493 e. The average Bonchev–Trinajstić information content (AvgIpc) is 3.67. The number of hydrogen-bond acceptors (Lipinski definition) is 10. The Bertz CT molecular complexity index is 1660. The number of oxazole rings is 2. The lowest BCUT2D eigenvalue weighted by atomic mass is 10.0. The van der Waals surface area contributed by atoms with E-state index in [-0.39, 0.29) is 12.1 Å². The molecule has 0 aliphatic carbocycles. The van der Waals surface area contributed by atoms with Crippen molar-refractivity contribution in [1.82, 2.24) is 20.2 Å². The first-order chi connectivity index (χ1) is 21.6. The van der Waals surface area contributed by atoms with Crippen LogP contribution in [0.5, 0.6) is 5.75 Å². The van der Waals surface area contributed by atoms with Gasteiger partial charge in [0.2, 0.25) is 0 Å². The molecule has 230 valence electrons. The lowest BCUT2D eigenvalue weighted by molar-refractivity contribution is 0.194. The summed E-state index contributed by atoms with van der Waals surface area (Å²) >= 11 is 2.26. The van der Waals surface area contributed by atoms with E-state index in [4.69, 9.17) is 29.3 Å². The molecule has 0 spiro atoms. The summed E-state index contributed by atoms with van der Waals surface area (Å²) in [4.78, 5) is 12.5. The predicted molar refractivity (Wildman–Crippen MR) is 182 cm³/mol. The molecule has 3 N–H and O–H groups in total. The third-order valence-electron chi connectivity index (χ3n) is 8.58. The van der Waals surface area contributed by atoms with E-state index in [2.05, 4.69) is 55.0 Å². The Morgan fingerprint density at radius 3 is 2.02 bits per heavy atom. The maximum absolute atomic E-state index is 6.48. The maximum Gasteiger partial charge on any atom is 0.318 e. The third kappa shape index (κ3) is 5.92.